The summed E-state index contributed by atoms with van der Waals surface area (Å²) in [5.41, 5.74) is 12.8. The van der Waals surface area contributed by atoms with Crippen LogP contribution in [-0.4, -0.2) is 335 Å². The summed E-state index contributed by atoms with van der Waals surface area (Å²) in [4.78, 5) is 130. The average molecular weight is 2040 g/mol. The molecule has 736 valence electrons. The van der Waals surface area contributed by atoms with E-state index in [4.69, 9.17) is 102 Å². The zero-order valence-corrected chi connectivity index (χ0v) is 80.7. The summed E-state index contributed by atoms with van der Waals surface area (Å²) < 4.78 is 100. The standard InChI is InChI=1S/C87H121IN10O32S3/c1-15-98(60(103)41-92-84(110)122-42-50-21-23-51(24-22-50)94-79(108)53(36-44(2)89)95-78(107)47(5)93-77(106)46(4)90)54-43-121-61(38-58(54)113-10)126-73-68(104)66(97-130-62-37-55(100)76(49(7)123-62)132-80(109)63-45(3)65(88)71(74(116-13)70(63)114-11)127-81-69(105)72(115-12)75-83(128-75)129-81)48(6)124-82(73)125-57-20-18-16-17-19-26-87(112)39-56(101)67(96-85(111)117-14)64(57)52(87)25-35-131-133-86(8,9)40-59(102)91-27-29-118-31-33-120-34-32-119-30-28-99/h16-17,21-25,46-49,53-55,57-58,61-62,66,68-69,72-73,75-76,81-83,97,99-100,104-105,112H,2,15,27-43,89-90H2,1,3-14H3,(H,91,102)(H,92,110)(H,93,106)(H,94,108)(H,95,107)(H,96,111)/b17-16-,52-25+/t46-,47-,48?,49?,53-,54?,55?,57-,58?,61?,62?,66?,68?,69?,72?,73?,75?,76?,81?,82?,83?,87-/m0/s1. The van der Waals surface area contributed by atoms with Gasteiger partial charge in [0.05, 0.1) is 143 Å². The fraction of sp³-hybridized carbons (Fsp3) is 0.621. The van der Waals surface area contributed by atoms with Gasteiger partial charge in [-0.15, -0.1) is 0 Å². The van der Waals surface area contributed by atoms with Gasteiger partial charge in [0.1, 0.15) is 61.9 Å². The molecule has 7 aliphatic rings. The Bertz CT molecular complexity index is 4600. The number of methoxy groups -OCH3 is 5. The van der Waals surface area contributed by atoms with Crippen LogP contribution in [0.2, 0.25) is 0 Å². The number of Topliss-reactive ketones (excluding diaryl/α,β-unsaturated/α-hetero) is 1. The van der Waals surface area contributed by atoms with Gasteiger partial charge in [-0.2, -0.15) is 5.48 Å². The van der Waals surface area contributed by atoms with Crippen LogP contribution in [0, 0.1) is 34.2 Å². The van der Waals surface area contributed by atoms with Gasteiger partial charge in [0.2, 0.25) is 46.7 Å². The van der Waals surface area contributed by atoms with Gasteiger partial charge in [0, 0.05) is 86.0 Å². The van der Waals surface area contributed by atoms with Crippen LogP contribution in [0.15, 0.2) is 71.6 Å². The van der Waals surface area contributed by atoms with Crippen LogP contribution in [0.1, 0.15) is 102 Å². The highest BCUT2D eigenvalue weighted by molar-refractivity contribution is 14.1. The molecule has 2 bridgehead atoms. The van der Waals surface area contributed by atoms with Crippen LogP contribution in [0.25, 0.3) is 0 Å². The van der Waals surface area contributed by atoms with Gasteiger partial charge >= 0.3 is 12.2 Å². The number of likely N-dealkylation sites (N-methyl/N-ethyl adjacent to an activating group) is 1. The number of thioether (sulfide) groups is 1. The number of hydroxylamine groups is 1. The van der Waals surface area contributed by atoms with E-state index in [1.807, 2.05) is 36.4 Å². The van der Waals surface area contributed by atoms with Crippen molar-refractivity contribution in [2.24, 2.45) is 11.5 Å². The number of hydrogen-bond donors (Lipinski definition) is 14. The number of amides is 7. The smallest absolute Gasteiger partial charge is 0.411 e. The summed E-state index contributed by atoms with van der Waals surface area (Å²) in [6.07, 6.45) is -17.0. The third-order valence-electron chi connectivity index (χ3n) is 21.8. The van der Waals surface area contributed by atoms with Gasteiger partial charge in [0.15, 0.2) is 48.0 Å². The largest absolute Gasteiger partial charge is 0.492 e. The first-order valence-electron chi connectivity index (χ1n) is 42.8. The predicted molar refractivity (Wildman–Crippen MR) is 489 cm³/mol. The number of alkyl carbamates (subject to hydrolysis) is 2. The first-order chi connectivity index (χ1) is 63.4. The van der Waals surface area contributed by atoms with E-state index in [1.54, 1.807) is 45.9 Å². The van der Waals surface area contributed by atoms with Crippen LogP contribution in [0.5, 0.6) is 17.2 Å². The Hall–Kier alpha value is -8.07. The van der Waals surface area contributed by atoms with Crippen molar-refractivity contribution in [3.8, 4) is 40.9 Å². The molecule has 0 spiro atoms. The Labute approximate surface area is 796 Å². The molecule has 46 heteroatoms. The van der Waals surface area contributed by atoms with E-state index in [2.05, 4.69) is 67.6 Å². The van der Waals surface area contributed by atoms with Crippen LogP contribution >= 0.6 is 55.9 Å². The number of ether oxygens (including phenoxy) is 17. The number of nitrogens with one attached hydrogen (secondary N) is 7. The summed E-state index contributed by atoms with van der Waals surface area (Å²) in [5, 5.41) is 72.0. The Morgan fingerprint density at radius 2 is 1.50 bits per heavy atom. The molecule has 0 saturated carbocycles. The Kier molecular flexibility index (Phi) is 42.4. The number of benzene rings is 2. The molecule has 22 atom stereocenters. The number of carbonyl (C=O) groups is 9. The molecule has 0 radical (unpaired) electrons. The van der Waals surface area contributed by atoms with Crippen molar-refractivity contribution < 1.29 is 154 Å². The second-order valence-corrected chi connectivity index (χ2v) is 37.5. The average Bonchev–Trinajstić information content (AvgIpc) is 1.68. The highest BCUT2D eigenvalue weighted by Gasteiger charge is 2.59. The zero-order valence-electron chi connectivity index (χ0n) is 76.1. The molecule has 2 aromatic carbocycles. The maximum atomic E-state index is 14.7. The molecule has 5 fully saturated rings. The zero-order chi connectivity index (χ0) is 97.1. The van der Waals surface area contributed by atoms with Crippen LogP contribution in [0.3, 0.4) is 0 Å². The molecule has 42 nitrogen and oxygen atoms in total. The molecule has 0 aromatic heterocycles. The Balaban J connectivity index is 0.910. The number of halogens is 1. The second kappa shape index (κ2) is 51.9. The van der Waals surface area contributed by atoms with Crippen molar-refractivity contribution in [3.05, 3.63) is 91.9 Å². The van der Waals surface area contributed by atoms with Gasteiger partial charge in [-0.3, -0.25) is 43.7 Å². The van der Waals surface area contributed by atoms with Gasteiger partial charge in [-0.1, -0.05) is 81.8 Å². The van der Waals surface area contributed by atoms with Gasteiger partial charge in [-0.05, 0) is 113 Å². The molecular weight excluding hydrogens is 1920 g/mol. The number of ketones is 1. The van der Waals surface area contributed by atoms with E-state index in [-0.39, 0.29) is 130 Å². The highest BCUT2D eigenvalue weighted by Crippen LogP contribution is 2.50. The predicted octanol–water partition coefficient (Wildman–Crippen LogP) is 1.52. The first-order valence-corrected chi connectivity index (χ1v) is 47.1. The van der Waals surface area contributed by atoms with Crippen LogP contribution < -0.4 is 63.1 Å². The molecule has 5 aliphatic heterocycles. The molecular formula is C87H121IN10O32S3. The van der Waals surface area contributed by atoms with Gasteiger partial charge in [0.25, 0.3) is 0 Å². The van der Waals surface area contributed by atoms with E-state index < -0.39 is 204 Å². The minimum absolute atomic E-state index is 0.00435. The number of carbonyl (C=O) groups excluding carboxylic acids is 9. The molecule has 5 saturated heterocycles. The number of aliphatic hydroxyl groups excluding tert-OH is 4. The maximum absolute atomic E-state index is 14.7. The lowest BCUT2D eigenvalue weighted by atomic mass is 9.75. The SMILES string of the molecule is C=C(N)C[C@H](NC(=O)[C@H](C)NC(=O)[C@H](C)N)C(=O)Nc1ccc(COC(=O)NCC(=O)N(CC)C2COC(OC3C(O[C@H]4C#C/C=C\C#C[C@]5(O)CC(=O)C(NC(=O)OC)=C4/C5=C\CSSC(C)(C)CC(=O)NCCOCCOCCOCCO)OC(C)C(NOC4CC(O)C(SC(=O)c5c(C)c(I)c(OC6OC7OC7C(OC)C6O)c(OC)c5OC)C(C)O4)C3O)CC2OC)cc1. The number of epoxide rings is 1. The molecule has 17 unspecified atom stereocenters. The number of fused-ring (bicyclic) bond motifs is 3. The number of aliphatic hydroxyl groups is 5. The second-order valence-electron chi connectivity index (χ2n) is 32.2. The lowest BCUT2D eigenvalue weighted by molar-refractivity contribution is -0.337. The number of allylic oxidation sites excluding steroid dienone is 3. The fourth-order valence-corrected chi connectivity index (χ4v) is 19.1. The summed E-state index contributed by atoms with van der Waals surface area (Å²) in [6, 6.07) is 0.952. The summed E-state index contributed by atoms with van der Waals surface area (Å²) in [6.45, 7) is 17.6. The van der Waals surface area contributed by atoms with Crippen LogP contribution in [-0.2, 0) is 107 Å². The molecule has 2 aliphatic carbocycles. The van der Waals surface area contributed by atoms with Crippen LogP contribution in [0.4, 0.5) is 15.3 Å². The minimum atomic E-state index is -2.28. The minimum Gasteiger partial charge on any atom is -0.492 e. The lowest BCUT2D eigenvalue weighted by Gasteiger charge is -2.47. The maximum Gasteiger partial charge on any atom is 0.411 e. The van der Waals surface area contributed by atoms with Crippen molar-refractivity contribution in [1.82, 2.24) is 37.0 Å². The van der Waals surface area contributed by atoms with Crippen molar-refractivity contribution >= 4 is 114 Å². The third-order valence-corrected chi connectivity index (χ3v) is 27.6. The number of nitrogens with two attached hydrogens (primary N) is 2. The lowest BCUT2D eigenvalue weighted by Crippen LogP contribution is -2.65. The molecule has 133 heavy (non-hydrogen) atoms. The quantitative estimate of drug-likeness (QED) is 0.0112. The van der Waals surface area contributed by atoms with Gasteiger partial charge in [-0.25, -0.2) is 9.59 Å². The first kappa shape index (κ1) is 109. The highest BCUT2D eigenvalue weighted by atomic mass is 127. The van der Waals surface area contributed by atoms with Crippen molar-refractivity contribution in [2.75, 3.05) is 119 Å². The third kappa shape index (κ3) is 30.2. The van der Waals surface area contributed by atoms with Crippen molar-refractivity contribution in [2.45, 2.75) is 232 Å². The summed E-state index contributed by atoms with van der Waals surface area (Å²) in [7, 11) is 9.25. The number of anilines is 1. The number of rotatable bonds is 47. The molecule has 5 heterocycles. The summed E-state index contributed by atoms with van der Waals surface area (Å²) >= 11 is 2.77. The molecule has 7 amide bonds. The monoisotopic (exact) mass is 2040 g/mol. The molecule has 2 aromatic rings. The fourth-order valence-electron chi connectivity index (χ4n) is 14.9. The van der Waals surface area contributed by atoms with E-state index in [0.29, 0.717) is 40.2 Å². The molecule has 9 rings (SSSR count). The van der Waals surface area contributed by atoms with E-state index >= 15 is 0 Å². The topological polar surface area (TPSA) is 564 Å². The summed E-state index contributed by atoms with van der Waals surface area (Å²) in [5.74, 6) is 8.11. The Morgan fingerprint density at radius 1 is 0.805 bits per heavy atom. The normalized spacial score (nSPS) is 27.8. The van der Waals surface area contributed by atoms with E-state index in [1.165, 1.54) is 93.1 Å². The van der Waals surface area contributed by atoms with Crippen molar-refractivity contribution in [3.63, 3.8) is 0 Å². The van der Waals surface area contributed by atoms with Crippen molar-refractivity contribution in [1.29, 1.82) is 0 Å². The van der Waals surface area contributed by atoms with E-state index in [9.17, 15) is 63.6 Å². The number of nitrogens with zero attached hydrogens (tertiary/aromatic N) is 1. The number of hydrogen-bond acceptors (Lipinski definition) is 38. The van der Waals surface area contributed by atoms with Gasteiger partial charge < -0.3 is 149 Å². The molecule has 16 N–H and O–H groups in total. The van der Waals surface area contributed by atoms with E-state index in [0.717, 1.165) is 18.9 Å². The Morgan fingerprint density at radius 3 is 2.16 bits per heavy atom.